The number of nitrogens with one attached hydrogen (secondary N) is 1. The SMILES string of the molecule is Cc1ccc(N2CCNC(C)(C)C2)cc1Cl. The molecular formula is C13H19ClN2. The predicted molar refractivity (Wildman–Crippen MR) is 70.5 cm³/mol. The van der Waals surface area contributed by atoms with Gasteiger partial charge in [0.25, 0.3) is 0 Å². The number of rotatable bonds is 1. The molecule has 0 saturated carbocycles. The van der Waals surface area contributed by atoms with Crippen LogP contribution in [0.25, 0.3) is 0 Å². The quantitative estimate of drug-likeness (QED) is 0.810. The zero-order chi connectivity index (χ0) is 11.8. The van der Waals surface area contributed by atoms with Crippen molar-refractivity contribution in [3.63, 3.8) is 0 Å². The molecule has 0 unspecified atom stereocenters. The lowest BCUT2D eigenvalue weighted by Crippen LogP contribution is -2.57. The third-order valence-corrected chi connectivity index (χ3v) is 3.50. The van der Waals surface area contributed by atoms with E-state index in [2.05, 4.69) is 42.3 Å². The Balaban J connectivity index is 2.20. The molecular weight excluding hydrogens is 220 g/mol. The summed E-state index contributed by atoms with van der Waals surface area (Å²) in [6.07, 6.45) is 0. The number of nitrogens with zero attached hydrogens (tertiary/aromatic N) is 1. The molecule has 0 aromatic heterocycles. The summed E-state index contributed by atoms with van der Waals surface area (Å²) in [7, 11) is 0. The molecule has 0 amide bonds. The molecule has 16 heavy (non-hydrogen) atoms. The van der Waals surface area contributed by atoms with Crippen LogP contribution in [0, 0.1) is 6.92 Å². The Morgan fingerprint density at radius 2 is 2.12 bits per heavy atom. The summed E-state index contributed by atoms with van der Waals surface area (Å²) in [6, 6.07) is 6.31. The van der Waals surface area contributed by atoms with E-state index in [1.807, 2.05) is 6.92 Å². The first-order valence-corrected chi connectivity index (χ1v) is 6.12. The first kappa shape index (κ1) is 11.7. The van der Waals surface area contributed by atoms with Crippen molar-refractivity contribution in [2.75, 3.05) is 24.5 Å². The molecule has 0 bridgehead atoms. The second kappa shape index (κ2) is 4.27. The summed E-state index contributed by atoms with van der Waals surface area (Å²) in [5.74, 6) is 0. The number of aryl methyl sites for hydroxylation is 1. The summed E-state index contributed by atoms with van der Waals surface area (Å²) in [4.78, 5) is 2.39. The van der Waals surface area contributed by atoms with E-state index < -0.39 is 0 Å². The Morgan fingerprint density at radius 1 is 1.38 bits per heavy atom. The number of benzene rings is 1. The molecule has 1 N–H and O–H groups in total. The van der Waals surface area contributed by atoms with Gasteiger partial charge in [0.1, 0.15) is 0 Å². The summed E-state index contributed by atoms with van der Waals surface area (Å²) in [5, 5.41) is 4.36. The highest BCUT2D eigenvalue weighted by atomic mass is 35.5. The molecule has 88 valence electrons. The Hall–Kier alpha value is -0.730. The maximum Gasteiger partial charge on any atom is 0.0455 e. The third-order valence-electron chi connectivity index (χ3n) is 3.09. The molecule has 1 aliphatic heterocycles. The zero-order valence-electron chi connectivity index (χ0n) is 10.2. The molecule has 1 aromatic carbocycles. The molecule has 1 heterocycles. The smallest absolute Gasteiger partial charge is 0.0455 e. The molecule has 1 aromatic rings. The van der Waals surface area contributed by atoms with Crippen molar-refractivity contribution < 1.29 is 0 Å². The van der Waals surface area contributed by atoms with E-state index >= 15 is 0 Å². The van der Waals surface area contributed by atoms with Crippen LogP contribution >= 0.6 is 11.6 Å². The Kier molecular flexibility index (Phi) is 3.13. The topological polar surface area (TPSA) is 15.3 Å². The Bertz CT molecular complexity index is 388. The van der Waals surface area contributed by atoms with E-state index in [0.29, 0.717) is 0 Å². The van der Waals surface area contributed by atoms with Crippen molar-refractivity contribution in [2.24, 2.45) is 0 Å². The fourth-order valence-corrected chi connectivity index (χ4v) is 2.31. The molecule has 1 aliphatic rings. The van der Waals surface area contributed by atoms with Gasteiger partial charge in [-0.15, -0.1) is 0 Å². The molecule has 2 rings (SSSR count). The first-order valence-electron chi connectivity index (χ1n) is 5.74. The molecule has 3 heteroatoms. The summed E-state index contributed by atoms with van der Waals surface area (Å²) in [6.45, 7) is 9.59. The van der Waals surface area contributed by atoms with Crippen molar-refractivity contribution in [3.05, 3.63) is 28.8 Å². The summed E-state index contributed by atoms with van der Waals surface area (Å²) >= 11 is 6.16. The van der Waals surface area contributed by atoms with Crippen LogP contribution in [0.4, 0.5) is 5.69 Å². The Labute approximate surface area is 103 Å². The molecule has 2 nitrogen and oxygen atoms in total. The van der Waals surface area contributed by atoms with Gasteiger partial charge in [-0.3, -0.25) is 0 Å². The first-order chi connectivity index (χ1) is 7.48. The van der Waals surface area contributed by atoms with Crippen LogP contribution < -0.4 is 10.2 Å². The van der Waals surface area contributed by atoms with Gasteiger partial charge in [-0.05, 0) is 38.5 Å². The van der Waals surface area contributed by atoms with Crippen LogP contribution in [0.5, 0.6) is 0 Å². The lowest BCUT2D eigenvalue weighted by molar-refractivity contribution is 0.353. The maximum absolute atomic E-state index is 6.16. The van der Waals surface area contributed by atoms with Gasteiger partial charge in [0, 0.05) is 35.9 Å². The third kappa shape index (κ3) is 2.50. The predicted octanol–water partition coefficient (Wildman–Crippen LogP) is 2.84. The maximum atomic E-state index is 6.16. The molecule has 0 aliphatic carbocycles. The van der Waals surface area contributed by atoms with E-state index in [4.69, 9.17) is 11.6 Å². The van der Waals surface area contributed by atoms with Crippen molar-refractivity contribution in [1.82, 2.24) is 5.32 Å². The average Bonchev–Trinajstić information content (AvgIpc) is 2.20. The summed E-state index contributed by atoms with van der Waals surface area (Å²) < 4.78 is 0. The number of halogens is 1. The fourth-order valence-electron chi connectivity index (χ4n) is 2.14. The minimum Gasteiger partial charge on any atom is -0.368 e. The number of piperazine rings is 1. The second-order valence-corrected chi connectivity index (χ2v) is 5.57. The van der Waals surface area contributed by atoms with Gasteiger partial charge < -0.3 is 10.2 Å². The molecule has 1 fully saturated rings. The molecule has 0 atom stereocenters. The van der Waals surface area contributed by atoms with Crippen LogP contribution in [0.3, 0.4) is 0 Å². The lowest BCUT2D eigenvalue weighted by atomic mass is 10.0. The zero-order valence-corrected chi connectivity index (χ0v) is 10.9. The van der Waals surface area contributed by atoms with E-state index in [-0.39, 0.29) is 5.54 Å². The highest BCUT2D eigenvalue weighted by Gasteiger charge is 2.25. The lowest BCUT2D eigenvalue weighted by Gasteiger charge is -2.40. The molecule has 0 radical (unpaired) electrons. The van der Waals surface area contributed by atoms with Gasteiger partial charge in [-0.1, -0.05) is 17.7 Å². The van der Waals surface area contributed by atoms with Crippen LogP contribution in [-0.2, 0) is 0 Å². The number of hydrogen-bond donors (Lipinski definition) is 1. The summed E-state index contributed by atoms with van der Waals surface area (Å²) in [5.41, 5.74) is 2.54. The highest BCUT2D eigenvalue weighted by Crippen LogP contribution is 2.25. The minimum absolute atomic E-state index is 0.176. The van der Waals surface area contributed by atoms with Gasteiger partial charge in [0.2, 0.25) is 0 Å². The number of hydrogen-bond acceptors (Lipinski definition) is 2. The standard InChI is InChI=1S/C13H19ClN2/c1-10-4-5-11(8-12(10)14)16-7-6-15-13(2,3)9-16/h4-5,8,15H,6-7,9H2,1-3H3. The van der Waals surface area contributed by atoms with E-state index in [1.165, 1.54) is 5.69 Å². The fraction of sp³-hybridized carbons (Fsp3) is 0.538. The van der Waals surface area contributed by atoms with E-state index in [0.717, 1.165) is 30.2 Å². The largest absolute Gasteiger partial charge is 0.368 e. The van der Waals surface area contributed by atoms with Gasteiger partial charge in [0.15, 0.2) is 0 Å². The van der Waals surface area contributed by atoms with Crippen LogP contribution in [0.15, 0.2) is 18.2 Å². The van der Waals surface area contributed by atoms with Crippen molar-refractivity contribution in [1.29, 1.82) is 0 Å². The van der Waals surface area contributed by atoms with Crippen molar-refractivity contribution >= 4 is 17.3 Å². The van der Waals surface area contributed by atoms with E-state index in [1.54, 1.807) is 0 Å². The second-order valence-electron chi connectivity index (χ2n) is 5.17. The van der Waals surface area contributed by atoms with Crippen LogP contribution in [0.1, 0.15) is 19.4 Å². The van der Waals surface area contributed by atoms with Crippen molar-refractivity contribution in [3.8, 4) is 0 Å². The molecule has 0 spiro atoms. The van der Waals surface area contributed by atoms with E-state index in [9.17, 15) is 0 Å². The normalized spacial score (nSPS) is 19.9. The van der Waals surface area contributed by atoms with Gasteiger partial charge in [-0.2, -0.15) is 0 Å². The average molecular weight is 239 g/mol. The van der Waals surface area contributed by atoms with Gasteiger partial charge in [0.05, 0.1) is 0 Å². The monoisotopic (exact) mass is 238 g/mol. The van der Waals surface area contributed by atoms with Crippen LogP contribution in [-0.4, -0.2) is 25.2 Å². The minimum atomic E-state index is 0.176. The van der Waals surface area contributed by atoms with Crippen LogP contribution in [0.2, 0.25) is 5.02 Å². The highest BCUT2D eigenvalue weighted by molar-refractivity contribution is 6.31. The Morgan fingerprint density at radius 3 is 2.75 bits per heavy atom. The van der Waals surface area contributed by atoms with Gasteiger partial charge in [-0.25, -0.2) is 0 Å². The molecule has 1 saturated heterocycles. The number of anilines is 1. The van der Waals surface area contributed by atoms with Gasteiger partial charge >= 0.3 is 0 Å². The van der Waals surface area contributed by atoms with Crippen molar-refractivity contribution in [2.45, 2.75) is 26.3 Å².